The molecule has 1 amide bonds. The molecule has 2 rings (SSSR count). The number of carbonyl (C=O) groups excluding carboxylic acids is 1. The predicted molar refractivity (Wildman–Crippen MR) is 72.8 cm³/mol. The summed E-state index contributed by atoms with van der Waals surface area (Å²) in [6.07, 6.45) is 0. The fraction of sp³-hybridized carbons (Fsp3) is 0.167. The van der Waals surface area contributed by atoms with E-state index in [9.17, 15) is 9.59 Å². The van der Waals surface area contributed by atoms with Gasteiger partial charge in [-0.2, -0.15) is 0 Å². The van der Waals surface area contributed by atoms with E-state index in [2.05, 4.69) is 5.32 Å². The molecule has 3 N–H and O–H groups in total. The van der Waals surface area contributed by atoms with Gasteiger partial charge in [-0.05, 0) is 19.1 Å². The third-order valence-corrected chi connectivity index (χ3v) is 3.39. The van der Waals surface area contributed by atoms with Crippen LogP contribution in [0.15, 0.2) is 34.4 Å². The van der Waals surface area contributed by atoms with Crippen molar-refractivity contribution < 1.29 is 4.79 Å². The van der Waals surface area contributed by atoms with Gasteiger partial charge in [-0.3, -0.25) is 14.2 Å². The SMILES string of the molecule is Cc1csc(=O)n1CC(=O)Nc1ccccc1N. The van der Waals surface area contributed by atoms with Crippen molar-refractivity contribution >= 4 is 28.6 Å². The highest BCUT2D eigenvalue weighted by Crippen LogP contribution is 2.16. The monoisotopic (exact) mass is 263 g/mol. The normalized spacial score (nSPS) is 10.3. The quantitative estimate of drug-likeness (QED) is 0.823. The van der Waals surface area contributed by atoms with E-state index in [1.54, 1.807) is 36.6 Å². The van der Waals surface area contributed by atoms with Crippen LogP contribution in [0.3, 0.4) is 0 Å². The van der Waals surface area contributed by atoms with Gasteiger partial charge in [0.15, 0.2) is 0 Å². The zero-order chi connectivity index (χ0) is 13.1. The van der Waals surface area contributed by atoms with Crippen LogP contribution in [0.5, 0.6) is 0 Å². The summed E-state index contributed by atoms with van der Waals surface area (Å²) in [5.74, 6) is -0.267. The lowest BCUT2D eigenvalue weighted by Gasteiger charge is -2.08. The second kappa shape index (κ2) is 5.05. The Balaban J connectivity index is 2.11. The highest BCUT2D eigenvalue weighted by atomic mass is 32.1. The van der Waals surface area contributed by atoms with E-state index in [0.717, 1.165) is 17.0 Å². The van der Waals surface area contributed by atoms with Crippen LogP contribution in [0, 0.1) is 6.92 Å². The molecule has 0 saturated heterocycles. The van der Waals surface area contributed by atoms with Crippen molar-refractivity contribution in [2.24, 2.45) is 0 Å². The summed E-state index contributed by atoms with van der Waals surface area (Å²) >= 11 is 1.09. The Labute approximate surface area is 108 Å². The zero-order valence-corrected chi connectivity index (χ0v) is 10.7. The average molecular weight is 263 g/mol. The summed E-state index contributed by atoms with van der Waals surface area (Å²) < 4.78 is 1.43. The maximum atomic E-state index is 11.8. The van der Waals surface area contributed by atoms with Gasteiger partial charge in [0.05, 0.1) is 11.4 Å². The number of hydrogen-bond acceptors (Lipinski definition) is 4. The molecule has 0 fully saturated rings. The second-order valence-corrected chi connectivity index (χ2v) is 4.69. The number of hydrogen-bond donors (Lipinski definition) is 2. The minimum atomic E-state index is -0.267. The first-order valence-electron chi connectivity index (χ1n) is 5.37. The van der Waals surface area contributed by atoms with Gasteiger partial charge in [0.2, 0.25) is 5.91 Å². The molecule has 0 atom stereocenters. The van der Waals surface area contributed by atoms with Gasteiger partial charge in [0, 0.05) is 11.1 Å². The number of aryl methyl sites for hydroxylation is 1. The number of nitrogens with two attached hydrogens (primary N) is 1. The van der Waals surface area contributed by atoms with E-state index in [1.807, 2.05) is 0 Å². The number of thiazole rings is 1. The number of aromatic nitrogens is 1. The zero-order valence-electron chi connectivity index (χ0n) is 9.84. The molecule has 0 spiro atoms. The van der Waals surface area contributed by atoms with Crippen LogP contribution in [0.4, 0.5) is 11.4 Å². The first-order valence-corrected chi connectivity index (χ1v) is 6.25. The average Bonchev–Trinajstić information content (AvgIpc) is 2.64. The molecule has 1 heterocycles. The third kappa shape index (κ3) is 2.60. The topological polar surface area (TPSA) is 77.1 Å². The van der Waals surface area contributed by atoms with Crippen LogP contribution in [0.2, 0.25) is 0 Å². The number of para-hydroxylation sites is 2. The molecule has 6 heteroatoms. The van der Waals surface area contributed by atoms with Crippen molar-refractivity contribution in [1.82, 2.24) is 4.57 Å². The second-order valence-electron chi connectivity index (χ2n) is 3.86. The van der Waals surface area contributed by atoms with E-state index >= 15 is 0 Å². The van der Waals surface area contributed by atoms with Crippen LogP contribution in [-0.4, -0.2) is 10.5 Å². The Morgan fingerprint density at radius 1 is 1.44 bits per heavy atom. The number of benzene rings is 1. The lowest BCUT2D eigenvalue weighted by molar-refractivity contribution is -0.116. The van der Waals surface area contributed by atoms with Crippen molar-refractivity contribution in [3.63, 3.8) is 0 Å². The molecule has 0 bridgehead atoms. The summed E-state index contributed by atoms with van der Waals surface area (Å²) in [5, 5.41) is 4.41. The number of nitrogen functional groups attached to an aromatic ring is 1. The van der Waals surface area contributed by atoms with E-state index < -0.39 is 0 Å². The fourth-order valence-electron chi connectivity index (χ4n) is 1.54. The Bertz CT molecular complexity index is 630. The highest BCUT2D eigenvalue weighted by Gasteiger charge is 2.09. The Morgan fingerprint density at radius 2 is 2.17 bits per heavy atom. The number of carbonyl (C=O) groups is 1. The van der Waals surface area contributed by atoms with Crippen molar-refractivity contribution in [3.8, 4) is 0 Å². The van der Waals surface area contributed by atoms with Crippen LogP contribution in [-0.2, 0) is 11.3 Å². The minimum absolute atomic E-state index is 0.00248. The summed E-state index contributed by atoms with van der Waals surface area (Å²) in [6, 6.07) is 7.00. The minimum Gasteiger partial charge on any atom is -0.397 e. The van der Waals surface area contributed by atoms with Crippen LogP contribution in [0.25, 0.3) is 0 Å². The molecule has 1 aromatic carbocycles. The number of nitrogens with one attached hydrogen (secondary N) is 1. The largest absolute Gasteiger partial charge is 0.397 e. The number of rotatable bonds is 3. The van der Waals surface area contributed by atoms with Gasteiger partial charge >= 0.3 is 4.87 Å². The first kappa shape index (κ1) is 12.4. The number of anilines is 2. The van der Waals surface area contributed by atoms with Gasteiger partial charge in [-0.25, -0.2) is 0 Å². The molecule has 18 heavy (non-hydrogen) atoms. The van der Waals surface area contributed by atoms with Gasteiger partial charge in [-0.1, -0.05) is 23.5 Å². The number of amides is 1. The molecule has 0 radical (unpaired) electrons. The maximum Gasteiger partial charge on any atom is 0.307 e. The molecule has 0 aliphatic heterocycles. The van der Waals surface area contributed by atoms with Crippen LogP contribution < -0.4 is 15.9 Å². The smallest absolute Gasteiger partial charge is 0.307 e. The molecular weight excluding hydrogens is 250 g/mol. The van der Waals surface area contributed by atoms with Gasteiger partial charge in [0.25, 0.3) is 0 Å². The molecule has 1 aromatic heterocycles. The van der Waals surface area contributed by atoms with E-state index in [1.165, 1.54) is 4.57 Å². The standard InChI is InChI=1S/C12H13N3O2S/c1-8-7-18-12(17)15(8)6-11(16)14-10-5-3-2-4-9(10)13/h2-5,7H,6,13H2,1H3,(H,14,16). The van der Waals surface area contributed by atoms with E-state index in [-0.39, 0.29) is 17.3 Å². The summed E-state index contributed by atoms with van der Waals surface area (Å²) in [6.45, 7) is 1.80. The molecule has 0 aliphatic carbocycles. The van der Waals surface area contributed by atoms with Crippen molar-refractivity contribution in [2.75, 3.05) is 11.1 Å². The molecule has 0 aliphatic rings. The molecule has 0 unspecified atom stereocenters. The molecule has 94 valence electrons. The van der Waals surface area contributed by atoms with E-state index in [4.69, 9.17) is 5.73 Å². The highest BCUT2D eigenvalue weighted by molar-refractivity contribution is 7.07. The van der Waals surface area contributed by atoms with Crippen molar-refractivity contribution in [1.29, 1.82) is 0 Å². The first-order chi connectivity index (χ1) is 8.58. The summed E-state index contributed by atoms with van der Waals surface area (Å²) in [5.41, 5.74) is 7.56. The molecule has 0 saturated carbocycles. The Kier molecular flexibility index (Phi) is 3.47. The predicted octanol–water partition coefficient (Wildman–Crippen LogP) is 1.44. The lowest BCUT2D eigenvalue weighted by atomic mass is 10.2. The van der Waals surface area contributed by atoms with Gasteiger partial charge in [-0.15, -0.1) is 0 Å². The maximum absolute atomic E-state index is 11.8. The summed E-state index contributed by atoms with van der Waals surface area (Å²) in [7, 11) is 0. The molecule has 5 nitrogen and oxygen atoms in total. The van der Waals surface area contributed by atoms with Gasteiger partial charge in [0.1, 0.15) is 6.54 Å². The van der Waals surface area contributed by atoms with Crippen LogP contribution in [0.1, 0.15) is 5.69 Å². The molecular formula is C12H13N3O2S. The van der Waals surface area contributed by atoms with E-state index in [0.29, 0.717) is 11.4 Å². The number of nitrogens with zero attached hydrogens (tertiary/aromatic N) is 1. The Hall–Kier alpha value is -2.08. The summed E-state index contributed by atoms with van der Waals surface area (Å²) in [4.78, 5) is 23.2. The van der Waals surface area contributed by atoms with Crippen molar-refractivity contribution in [3.05, 3.63) is 45.0 Å². The van der Waals surface area contributed by atoms with Gasteiger partial charge < -0.3 is 11.1 Å². The Morgan fingerprint density at radius 3 is 2.78 bits per heavy atom. The van der Waals surface area contributed by atoms with Crippen LogP contribution >= 0.6 is 11.3 Å². The fourth-order valence-corrected chi connectivity index (χ4v) is 2.27. The lowest BCUT2D eigenvalue weighted by Crippen LogP contribution is -2.25. The van der Waals surface area contributed by atoms with Crippen molar-refractivity contribution in [2.45, 2.75) is 13.5 Å². The molecule has 2 aromatic rings. The third-order valence-electron chi connectivity index (χ3n) is 2.51.